The van der Waals surface area contributed by atoms with Crippen molar-refractivity contribution in [1.29, 1.82) is 0 Å². The number of hydrogen-bond donors (Lipinski definition) is 5. The molecule has 1 aliphatic rings. The molecule has 0 aliphatic carbocycles. The first-order valence-corrected chi connectivity index (χ1v) is 7.40. The van der Waals surface area contributed by atoms with E-state index in [4.69, 9.17) is 4.74 Å². The third kappa shape index (κ3) is 2.54. The summed E-state index contributed by atoms with van der Waals surface area (Å²) in [6, 6.07) is 0. The van der Waals surface area contributed by atoms with Crippen LogP contribution in [0.25, 0.3) is 11.2 Å². The van der Waals surface area contributed by atoms with Gasteiger partial charge < -0.3 is 30.9 Å². The van der Waals surface area contributed by atoms with Gasteiger partial charge >= 0.3 is 0 Å². The van der Waals surface area contributed by atoms with Crippen LogP contribution < -0.4 is 16.0 Å². The molecule has 0 bridgehead atoms. The number of fused-ring (bicyclic) bond motifs is 1. The standard InChI is InChI=1S/C13H21N7O3/c1-14-10-9-11(19-12(15-2)18-10)20(13(16-3)17-9)8-4-6(22)7(5-21)23-8/h6-8,21-22H,4-5H2,1-3H3,(H,16,17)(H2,14,15,18,19)/t6-,7+,8-/m1/s1. The minimum atomic E-state index is -0.735. The summed E-state index contributed by atoms with van der Waals surface area (Å²) in [6.45, 7) is -0.238. The minimum Gasteiger partial charge on any atom is -0.394 e. The molecule has 0 spiro atoms. The number of rotatable bonds is 5. The monoisotopic (exact) mass is 323 g/mol. The molecule has 1 fully saturated rings. The number of imidazole rings is 1. The molecule has 0 saturated carbocycles. The number of nitrogens with zero attached hydrogens (tertiary/aromatic N) is 4. The smallest absolute Gasteiger partial charge is 0.226 e. The van der Waals surface area contributed by atoms with Gasteiger partial charge in [0.25, 0.3) is 0 Å². The van der Waals surface area contributed by atoms with E-state index in [0.29, 0.717) is 35.3 Å². The molecule has 3 heterocycles. The Labute approximate surface area is 132 Å². The van der Waals surface area contributed by atoms with Crippen molar-refractivity contribution >= 4 is 28.9 Å². The summed E-state index contributed by atoms with van der Waals surface area (Å²) < 4.78 is 7.52. The first-order valence-electron chi connectivity index (χ1n) is 7.40. The van der Waals surface area contributed by atoms with Crippen molar-refractivity contribution in [3.05, 3.63) is 0 Å². The molecular formula is C13H21N7O3. The molecule has 10 heteroatoms. The molecule has 1 saturated heterocycles. The number of nitrogens with one attached hydrogen (secondary N) is 3. The average molecular weight is 323 g/mol. The fraction of sp³-hybridized carbons (Fsp3) is 0.615. The Kier molecular flexibility index (Phi) is 4.20. The van der Waals surface area contributed by atoms with Crippen LogP contribution in [0.2, 0.25) is 0 Å². The van der Waals surface area contributed by atoms with E-state index in [9.17, 15) is 10.2 Å². The van der Waals surface area contributed by atoms with Crippen molar-refractivity contribution < 1.29 is 14.9 Å². The van der Waals surface area contributed by atoms with Crippen molar-refractivity contribution in [3.63, 3.8) is 0 Å². The summed E-state index contributed by atoms with van der Waals surface area (Å²) in [4.78, 5) is 13.3. The van der Waals surface area contributed by atoms with Crippen molar-refractivity contribution in [2.75, 3.05) is 43.7 Å². The quantitative estimate of drug-likeness (QED) is 0.498. The fourth-order valence-corrected chi connectivity index (χ4v) is 2.75. The Morgan fingerprint density at radius 1 is 1.17 bits per heavy atom. The van der Waals surface area contributed by atoms with Crippen molar-refractivity contribution in [2.24, 2.45) is 0 Å². The van der Waals surface area contributed by atoms with Gasteiger partial charge in [-0.25, -0.2) is 4.98 Å². The van der Waals surface area contributed by atoms with Gasteiger partial charge in [0.15, 0.2) is 17.0 Å². The van der Waals surface area contributed by atoms with Crippen LogP contribution in [-0.2, 0) is 4.74 Å². The molecule has 23 heavy (non-hydrogen) atoms. The summed E-state index contributed by atoms with van der Waals surface area (Å²) in [5.74, 6) is 1.59. The third-order valence-corrected chi connectivity index (χ3v) is 3.90. The lowest BCUT2D eigenvalue weighted by Crippen LogP contribution is -2.24. The molecule has 0 unspecified atom stereocenters. The zero-order valence-corrected chi connectivity index (χ0v) is 13.2. The van der Waals surface area contributed by atoms with Crippen LogP contribution in [-0.4, -0.2) is 69.7 Å². The predicted molar refractivity (Wildman–Crippen MR) is 85.6 cm³/mol. The molecule has 2 aromatic rings. The number of hydrogen-bond acceptors (Lipinski definition) is 9. The molecule has 1 aliphatic heterocycles. The summed E-state index contributed by atoms with van der Waals surface area (Å²) >= 11 is 0. The van der Waals surface area contributed by atoms with Gasteiger partial charge in [0.2, 0.25) is 11.9 Å². The predicted octanol–water partition coefficient (Wildman–Crippen LogP) is -0.408. The molecule has 3 atom stereocenters. The summed E-state index contributed by atoms with van der Waals surface area (Å²) in [5, 5.41) is 28.2. The summed E-state index contributed by atoms with van der Waals surface area (Å²) in [5.41, 5.74) is 1.18. The van der Waals surface area contributed by atoms with Gasteiger partial charge in [0.05, 0.1) is 12.7 Å². The average Bonchev–Trinajstić information content (AvgIpc) is 3.12. The Morgan fingerprint density at radius 3 is 2.52 bits per heavy atom. The molecule has 0 aromatic carbocycles. The molecule has 5 N–H and O–H groups in total. The Hall–Kier alpha value is -2.17. The van der Waals surface area contributed by atoms with Crippen LogP contribution in [0.15, 0.2) is 0 Å². The lowest BCUT2D eigenvalue weighted by atomic mass is 10.2. The molecule has 0 amide bonds. The SMILES string of the molecule is CNc1nc(NC)c2nc(NC)n([C@H]3C[C@@H](O)[C@H](CO)O3)c2n1. The largest absolute Gasteiger partial charge is 0.394 e. The highest BCUT2D eigenvalue weighted by Gasteiger charge is 2.37. The topological polar surface area (TPSA) is 129 Å². The van der Waals surface area contributed by atoms with Gasteiger partial charge in [0.1, 0.15) is 12.3 Å². The number of aliphatic hydroxyl groups excluding tert-OH is 2. The van der Waals surface area contributed by atoms with E-state index in [1.807, 2.05) is 0 Å². The van der Waals surface area contributed by atoms with E-state index in [1.165, 1.54) is 0 Å². The minimum absolute atomic E-state index is 0.238. The van der Waals surface area contributed by atoms with Gasteiger partial charge in [-0.05, 0) is 0 Å². The Balaban J connectivity index is 2.15. The molecule has 10 nitrogen and oxygen atoms in total. The van der Waals surface area contributed by atoms with Gasteiger partial charge in [0, 0.05) is 27.6 Å². The number of aliphatic hydroxyl groups is 2. The van der Waals surface area contributed by atoms with E-state index < -0.39 is 18.4 Å². The maximum Gasteiger partial charge on any atom is 0.226 e. The molecule has 0 radical (unpaired) electrons. The Morgan fingerprint density at radius 2 is 1.96 bits per heavy atom. The van der Waals surface area contributed by atoms with Gasteiger partial charge in [-0.3, -0.25) is 4.57 Å². The summed E-state index contributed by atoms with van der Waals surface area (Å²) in [7, 11) is 5.24. The van der Waals surface area contributed by atoms with E-state index in [1.54, 1.807) is 25.7 Å². The lowest BCUT2D eigenvalue weighted by Gasteiger charge is -2.16. The number of ether oxygens (including phenoxy) is 1. The van der Waals surface area contributed by atoms with Crippen LogP contribution >= 0.6 is 0 Å². The van der Waals surface area contributed by atoms with Gasteiger partial charge in [-0.2, -0.15) is 9.97 Å². The highest BCUT2D eigenvalue weighted by molar-refractivity contribution is 5.86. The fourth-order valence-electron chi connectivity index (χ4n) is 2.75. The van der Waals surface area contributed by atoms with E-state index in [0.717, 1.165) is 0 Å². The van der Waals surface area contributed by atoms with Crippen LogP contribution in [0.4, 0.5) is 17.7 Å². The normalized spacial score (nSPS) is 24.1. The van der Waals surface area contributed by atoms with Crippen LogP contribution in [0, 0.1) is 0 Å². The molecule has 2 aromatic heterocycles. The zero-order chi connectivity index (χ0) is 16.6. The zero-order valence-electron chi connectivity index (χ0n) is 13.2. The van der Waals surface area contributed by atoms with Crippen molar-refractivity contribution in [2.45, 2.75) is 24.9 Å². The van der Waals surface area contributed by atoms with Gasteiger partial charge in [-0.1, -0.05) is 0 Å². The van der Waals surface area contributed by atoms with E-state index in [-0.39, 0.29) is 6.61 Å². The maximum atomic E-state index is 10.00. The first-order chi connectivity index (χ1) is 11.1. The molecule has 126 valence electrons. The lowest BCUT2D eigenvalue weighted by molar-refractivity contribution is -0.0425. The van der Waals surface area contributed by atoms with Gasteiger partial charge in [-0.15, -0.1) is 0 Å². The molecular weight excluding hydrogens is 302 g/mol. The number of aromatic nitrogens is 4. The van der Waals surface area contributed by atoms with E-state index in [2.05, 4.69) is 30.9 Å². The van der Waals surface area contributed by atoms with Crippen LogP contribution in [0.3, 0.4) is 0 Å². The number of anilines is 3. The highest BCUT2D eigenvalue weighted by Crippen LogP contribution is 2.35. The second-order valence-electron chi connectivity index (χ2n) is 5.24. The van der Waals surface area contributed by atoms with Crippen molar-refractivity contribution in [1.82, 2.24) is 19.5 Å². The van der Waals surface area contributed by atoms with Crippen LogP contribution in [0.5, 0.6) is 0 Å². The highest BCUT2D eigenvalue weighted by atomic mass is 16.5. The van der Waals surface area contributed by atoms with Crippen LogP contribution in [0.1, 0.15) is 12.6 Å². The maximum absolute atomic E-state index is 10.00. The van der Waals surface area contributed by atoms with E-state index >= 15 is 0 Å². The second-order valence-corrected chi connectivity index (χ2v) is 5.24. The van der Waals surface area contributed by atoms with Crippen molar-refractivity contribution in [3.8, 4) is 0 Å². The third-order valence-electron chi connectivity index (χ3n) is 3.90. The first kappa shape index (κ1) is 15.7. The molecule has 3 rings (SSSR count). The summed E-state index contributed by atoms with van der Waals surface area (Å²) in [6.07, 6.45) is -1.48. The second kappa shape index (κ2) is 6.14. The Bertz CT molecular complexity index is 704.